The first-order valence-electron chi connectivity index (χ1n) is 7.56. The van der Waals surface area contributed by atoms with E-state index < -0.39 is 0 Å². The molecule has 1 aliphatic heterocycles. The molecule has 3 heteroatoms. The molecule has 1 N–H and O–H groups in total. The Labute approximate surface area is 113 Å². The molecule has 0 aliphatic carbocycles. The second-order valence-corrected chi connectivity index (χ2v) is 6.12. The van der Waals surface area contributed by atoms with E-state index in [1.54, 1.807) is 7.11 Å². The Morgan fingerprint density at radius 2 is 2.06 bits per heavy atom. The molecule has 1 saturated heterocycles. The highest BCUT2D eigenvalue weighted by Gasteiger charge is 2.29. The van der Waals surface area contributed by atoms with E-state index in [0.29, 0.717) is 18.1 Å². The van der Waals surface area contributed by atoms with Gasteiger partial charge in [0.2, 0.25) is 0 Å². The molecule has 0 aromatic heterocycles. The maximum absolute atomic E-state index is 5.22. The van der Waals surface area contributed by atoms with Crippen LogP contribution in [-0.2, 0) is 4.74 Å². The van der Waals surface area contributed by atoms with Crippen LogP contribution in [-0.4, -0.2) is 49.8 Å². The summed E-state index contributed by atoms with van der Waals surface area (Å²) in [5.74, 6) is 0.775. The molecule has 108 valence electrons. The average Bonchev–Trinajstić information content (AvgIpc) is 2.35. The first-order chi connectivity index (χ1) is 8.58. The Kier molecular flexibility index (Phi) is 7.20. The molecule has 0 radical (unpaired) electrons. The van der Waals surface area contributed by atoms with Gasteiger partial charge in [-0.25, -0.2) is 0 Å². The van der Waals surface area contributed by atoms with E-state index >= 15 is 0 Å². The number of methoxy groups -OCH3 is 1. The van der Waals surface area contributed by atoms with Gasteiger partial charge in [-0.15, -0.1) is 0 Å². The molecule has 3 atom stereocenters. The maximum Gasteiger partial charge on any atom is 0.0477 e. The van der Waals surface area contributed by atoms with Gasteiger partial charge in [0.25, 0.3) is 0 Å². The first kappa shape index (κ1) is 15.9. The highest BCUT2D eigenvalue weighted by atomic mass is 16.5. The Morgan fingerprint density at radius 3 is 2.61 bits per heavy atom. The molecule has 1 rings (SSSR count). The molecule has 1 heterocycles. The third kappa shape index (κ3) is 4.87. The van der Waals surface area contributed by atoms with Crippen molar-refractivity contribution in [1.29, 1.82) is 0 Å². The minimum absolute atomic E-state index is 0.631. The van der Waals surface area contributed by atoms with Crippen molar-refractivity contribution in [3.8, 4) is 0 Å². The third-order valence-electron chi connectivity index (χ3n) is 4.08. The molecule has 18 heavy (non-hydrogen) atoms. The second-order valence-electron chi connectivity index (χ2n) is 6.12. The fourth-order valence-electron chi connectivity index (χ4n) is 2.99. The van der Waals surface area contributed by atoms with Crippen molar-refractivity contribution < 1.29 is 4.74 Å². The fraction of sp³-hybridized carbons (Fsp3) is 1.00. The molecule has 3 nitrogen and oxygen atoms in total. The zero-order chi connectivity index (χ0) is 13.5. The van der Waals surface area contributed by atoms with Gasteiger partial charge in [0, 0.05) is 44.9 Å². The topological polar surface area (TPSA) is 24.5 Å². The summed E-state index contributed by atoms with van der Waals surface area (Å²) < 4.78 is 5.22. The molecule has 0 aromatic rings. The maximum atomic E-state index is 5.22. The van der Waals surface area contributed by atoms with Gasteiger partial charge in [-0.1, -0.05) is 20.8 Å². The summed E-state index contributed by atoms with van der Waals surface area (Å²) in [5.41, 5.74) is 0. The van der Waals surface area contributed by atoms with Crippen molar-refractivity contribution in [3.05, 3.63) is 0 Å². The molecule has 0 bridgehead atoms. The summed E-state index contributed by atoms with van der Waals surface area (Å²) in [6.07, 6.45) is 3.66. The number of piperazine rings is 1. The summed E-state index contributed by atoms with van der Waals surface area (Å²) >= 11 is 0. The van der Waals surface area contributed by atoms with E-state index in [4.69, 9.17) is 4.74 Å². The van der Waals surface area contributed by atoms with Gasteiger partial charge in [-0.2, -0.15) is 0 Å². The smallest absolute Gasteiger partial charge is 0.0477 e. The van der Waals surface area contributed by atoms with E-state index in [0.717, 1.165) is 25.5 Å². The van der Waals surface area contributed by atoms with Crippen LogP contribution in [0.2, 0.25) is 0 Å². The van der Waals surface area contributed by atoms with Crippen molar-refractivity contribution in [2.45, 2.75) is 65.1 Å². The Morgan fingerprint density at radius 1 is 1.33 bits per heavy atom. The molecule has 0 aromatic carbocycles. The average molecular weight is 256 g/mol. The number of hydrogen-bond donors (Lipinski definition) is 1. The van der Waals surface area contributed by atoms with E-state index in [9.17, 15) is 0 Å². The second kappa shape index (κ2) is 8.13. The lowest BCUT2D eigenvalue weighted by molar-refractivity contribution is 0.0618. The molecule has 1 fully saturated rings. The highest BCUT2D eigenvalue weighted by Crippen LogP contribution is 2.19. The number of hydrogen-bond acceptors (Lipinski definition) is 3. The van der Waals surface area contributed by atoms with Crippen LogP contribution in [0.25, 0.3) is 0 Å². The molecule has 1 aliphatic rings. The molecule has 0 spiro atoms. The van der Waals surface area contributed by atoms with Gasteiger partial charge in [-0.3, -0.25) is 4.90 Å². The standard InChI is InChI=1S/C15H32N2O/c1-6-15-10-16-14(9-12(2)3)11-17(15)13(4)7-8-18-5/h12-16H,6-11H2,1-5H3. The van der Waals surface area contributed by atoms with Crippen LogP contribution in [0.5, 0.6) is 0 Å². The number of ether oxygens (including phenoxy) is 1. The Hall–Kier alpha value is -0.120. The lowest BCUT2D eigenvalue weighted by Crippen LogP contribution is -2.59. The van der Waals surface area contributed by atoms with Gasteiger partial charge in [0.1, 0.15) is 0 Å². The van der Waals surface area contributed by atoms with Crippen molar-refractivity contribution in [1.82, 2.24) is 10.2 Å². The van der Waals surface area contributed by atoms with Crippen molar-refractivity contribution >= 4 is 0 Å². The van der Waals surface area contributed by atoms with Crippen LogP contribution in [0.4, 0.5) is 0 Å². The molecular formula is C15H32N2O. The van der Waals surface area contributed by atoms with Crippen molar-refractivity contribution in [2.24, 2.45) is 5.92 Å². The Balaban J connectivity index is 2.52. The van der Waals surface area contributed by atoms with E-state index in [1.165, 1.54) is 19.4 Å². The fourth-order valence-corrected chi connectivity index (χ4v) is 2.99. The summed E-state index contributed by atoms with van der Waals surface area (Å²) in [7, 11) is 1.79. The Bertz CT molecular complexity index is 221. The number of rotatable bonds is 7. The summed E-state index contributed by atoms with van der Waals surface area (Å²) in [6.45, 7) is 12.5. The molecule has 0 saturated carbocycles. The van der Waals surface area contributed by atoms with Crippen LogP contribution in [0, 0.1) is 5.92 Å². The quantitative estimate of drug-likeness (QED) is 0.757. The van der Waals surface area contributed by atoms with Crippen LogP contribution < -0.4 is 5.32 Å². The lowest BCUT2D eigenvalue weighted by atomic mass is 9.97. The monoisotopic (exact) mass is 256 g/mol. The number of nitrogens with one attached hydrogen (secondary N) is 1. The van der Waals surface area contributed by atoms with Gasteiger partial charge in [0.05, 0.1) is 0 Å². The van der Waals surface area contributed by atoms with E-state index in [1.807, 2.05) is 0 Å². The zero-order valence-corrected chi connectivity index (χ0v) is 12.9. The van der Waals surface area contributed by atoms with Crippen LogP contribution in [0.15, 0.2) is 0 Å². The summed E-state index contributed by atoms with van der Waals surface area (Å²) in [6, 6.07) is 1.99. The zero-order valence-electron chi connectivity index (χ0n) is 12.9. The van der Waals surface area contributed by atoms with Crippen LogP contribution in [0.1, 0.15) is 47.0 Å². The lowest BCUT2D eigenvalue weighted by Gasteiger charge is -2.44. The first-order valence-corrected chi connectivity index (χ1v) is 7.56. The predicted octanol–water partition coefficient (Wildman–Crippen LogP) is 2.51. The highest BCUT2D eigenvalue weighted by molar-refractivity contribution is 4.88. The molecule has 3 unspecified atom stereocenters. The van der Waals surface area contributed by atoms with Crippen LogP contribution >= 0.6 is 0 Å². The summed E-state index contributed by atoms with van der Waals surface area (Å²) in [5, 5.41) is 3.72. The van der Waals surface area contributed by atoms with Crippen molar-refractivity contribution in [2.75, 3.05) is 26.8 Å². The van der Waals surface area contributed by atoms with Gasteiger partial charge < -0.3 is 10.1 Å². The van der Waals surface area contributed by atoms with E-state index in [2.05, 4.69) is 37.9 Å². The minimum Gasteiger partial charge on any atom is -0.385 e. The van der Waals surface area contributed by atoms with Crippen LogP contribution in [0.3, 0.4) is 0 Å². The molecular weight excluding hydrogens is 224 g/mol. The largest absolute Gasteiger partial charge is 0.385 e. The SMILES string of the molecule is CCC1CNC(CC(C)C)CN1C(C)CCOC. The van der Waals surface area contributed by atoms with Gasteiger partial charge in [-0.05, 0) is 32.1 Å². The normalized spacial score (nSPS) is 27.7. The predicted molar refractivity (Wildman–Crippen MR) is 78.0 cm³/mol. The molecule has 0 amide bonds. The van der Waals surface area contributed by atoms with Gasteiger partial charge >= 0.3 is 0 Å². The van der Waals surface area contributed by atoms with Gasteiger partial charge in [0.15, 0.2) is 0 Å². The third-order valence-corrected chi connectivity index (χ3v) is 4.08. The van der Waals surface area contributed by atoms with Crippen molar-refractivity contribution in [3.63, 3.8) is 0 Å². The number of nitrogens with zero attached hydrogens (tertiary/aromatic N) is 1. The summed E-state index contributed by atoms with van der Waals surface area (Å²) in [4.78, 5) is 2.70. The minimum atomic E-state index is 0.631. The van der Waals surface area contributed by atoms with E-state index in [-0.39, 0.29) is 0 Å².